The molecule has 2 aliphatic heterocycles. The average molecular weight is 278 g/mol. The zero-order valence-corrected chi connectivity index (χ0v) is 10.9. The number of carbonyl (C=O) groups excluding carboxylic acids is 2. The molecule has 20 heavy (non-hydrogen) atoms. The summed E-state index contributed by atoms with van der Waals surface area (Å²) < 4.78 is 11.0. The summed E-state index contributed by atoms with van der Waals surface area (Å²) in [6, 6.07) is 2.37. The SMILES string of the molecule is C[C@]1([C@H]2CCC(=O)O2)CC(=O)c2c(O)cc(O)cc2O1. The number of esters is 1. The highest BCUT2D eigenvalue weighted by molar-refractivity contribution is 6.03. The van der Waals surface area contributed by atoms with Gasteiger partial charge in [0.1, 0.15) is 28.9 Å². The van der Waals surface area contributed by atoms with E-state index >= 15 is 0 Å². The van der Waals surface area contributed by atoms with Gasteiger partial charge in [-0.3, -0.25) is 9.59 Å². The van der Waals surface area contributed by atoms with Crippen LogP contribution >= 0.6 is 0 Å². The highest BCUT2D eigenvalue weighted by Gasteiger charge is 2.48. The first kappa shape index (κ1) is 12.8. The molecular weight excluding hydrogens is 264 g/mol. The summed E-state index contributed by atoms with van der Waals surface area (Å²) in [6.07, 6.45) is 0.297. The maximum Gasteiger partial charge on any atom is 0.306 e. The lowest BCUT2D eigenvalue weighted by Crippen LogP contribution is -2.49. The van der Waals surface area contributed by atoms with Gasteiger partial charge in [-0.1, -0.05) is 0 Å². The maximum atomic E-state index is 12.2. The van der Waals surface area contributed by atoms with Crippen LogP contribution in [0.3, 0.4) is 0 Å². The number of Topliss-reactive ketones (excluding diaryl/α,β-unsaturated/α-hetero) is 1. The van der Waals surface area contributed by atoms with Gasteiger partial charge in [-0.15, -0.1) is 0 Å². The fourth-order valence-corrected chi connectivity index (χ4v) is 2.78. The summed E-state index contributed by atoms with van der Waals surface area (Å²) >= 11 is 0. The van der Waals surface area contributed by atoms with E-state index in [9.17, 15) is 19.8 Å². The van der Waals surface area contributed by atoms with Gasteiger partial charge in [-0.25, -0.2) is 0 Å². The molecule has 1 fully saturated rings. The molecule has 3 rings (SSSR count). The maximum absolute atomic E-state index is 12.2. The number of ether oxygens (including phenoxy) is 2. The Bertz CT molecular complexity index is 608. The van der Waals surface area contributed by atoms with Crippen LogP contribution in [-0.4, -0.2) is 33.7 Å². The minimum absolute atomic E-state index is 0.0102. The Morgan fingerprint density at radius 2 is 2.05 bits per heavy atom. The second-order valence-electron chi connectivity index (χ2n) is 5.37. The van der Waals surface area contributed by atoms with Gasteiger partial charge in [0.15, 0.2) is 11.4 Å². The van der Waals surface area contributed by atoms with E-state index in [4.69, 9.17) is 9.47 Å². The van der Waals surface area contributed by atoms with E-state index < -0.39 is 11.7 Å². The summed E-state index contributed by atoms with van der Waals surface area (Å²) in [5, 5.41) is 19.2. The largest absolute Gasteiger partial charge is 0.508 e. The number of phenolic OH excluding ortho intramolecular Hbond substituents is 2. The molecule has 2 aliphatic rings. The van der Waals surface area contributed by atoms with Crippen LogP contribution in [0.2, 0.25) is 0 Å². The number of cyclic esters (lactones) is 1. The van der Waals surface area contributed by atoms with Crippen LogP contribution in [0.4, 0.5) is 0 Å². The van der Waals surface area contributed by atoms with Crippen LogP contribution in [0.25, 0.3) is 0 Å². The normalized spacial score (nSPS) is 28.8. The fraction of sp³-hybridized carbons (Fsp3) is 0.429. The van der Waals surface area contributed by atoms with Crippen molar-refractivity contribution in [2.75, 3.05) is 0 Å². The van der Waals surface area contributed by atoms with Gasteiger partial charge in [0.2, 0.25) is 0 Å². The van der Waals surface area contributed by atoms with Gasteiger partial charge in [0.25, 0.3) is 0 Å². The first-order valence-corrected chi connectivity index (χ1v) is 6.37. The lowest BCUT2D eigenvalue weighted by atomic mass is 9.85. The smallest absolute Gasteiger partial charge is 0.306 e. The van der Waals surface area contributed by atoms with E-state index in [1.807, 2.05) is 0 Å². The average Bonchev–Trinajstić information content (AvgIpc) is 2.74. The predicted octanol–water partition coefficient (Wildman–Crippen LogP) is 1.53. The van der Waals surface area contributed by atoms with Crippen molar-refractivity contribution in [1.29, 1.82) is 0 Å². The van der Waals surface area contributed by atoms with Gasteiger partial charge in [0.05, 0.1) is 6.42 Å². The number of hydrogen-bond acceptors (Lipinski definition) is 6. The number of benzene rings is 1. The topological polar surface area (TPSA) is 93.1 Å². The molecule has 6 nitrogen and oxygen atoms in total. The molecule has 2 N–H and O–H groups in total. The van der Waals surface area contributed by atoms with E-state index in [0.717, 1.165) is 6.07 Å². The minimum atomic E-state index is -0.976. The van der Waals surface area contributed by atoms with Crippen LogP contribution in [0.15, 0.2) is 12.1 Å². The van der Waals surface area contributed by atoms with Gasteiger partial charge < -0.3 is 19.7 Å². The van der Waals surface area contributed by atoms with Gasteiger partial charge >= 0.3 is 5.97 Å². The number of hydrogen-bond donors (Lipinski definition) is 2. The van der Waals surface area contributed by atoms with Crippen molar-refractivity contribution in [3.05, 3.63) is 17.7 Å². The Hall–Kier alpha value is -2.24. The monoisotopic (exact) mass is 278 g/mol. The standard InChI is InChI=1S/C14H14O6/c1-14(11-2-3-12(18)19-11)6-9(17)13-8(16)4-7(15)5-10(13)20-14/h4-5,11,15-16H,2-3,6H2,1H3/t11-,14-/m1/s1. The van der Waals surface area contributed by atoms with Crippen molar-refractivity contribution >= 4 is 11.8 Å². The van der Waals surface area contributed by atoms with Crippen molar-refractivity contribution < 1.29 is 29.3 Å². The van der Waals surface area contributed by atoms with Crippen molar-refractivity contribution in [3.8, 4) is 17.2 Å². The van der Waals surface area contributed by atoms with Crippen molar-refractivity contribution in [3.63, 3.8) is 0 Å². The first-order chi connectivity index (χ1) is 9.39. The highest BCUT2D eigenvalue weighted by Crippen LogP contribution is 2.43. The van der Waals surface area contributed by atoms with Crippen LogP contribution in [0.5, 0.6) is 17.2 Å². The van der Waals surface area contributed by atoms with Crippen LogP contribution in [-0.2, 0) is 9.53 Å². The van der Waals surface area contributed by atoms with E-state index in [1.165, 1.54) is 6.07 Å². The lowest BCUT2D eigenvalue weighted by molar-refractivity contribution is -0.149. The Labute approximate surface area is 114 Å². The second kappa shape index (κ2) is 4.13. The molecule has 0 aromatic heterocycles. The molecule has 0 unspecified atom stereocenters. The van der Waals surface area contributed by atoms with E-state index in [1.54, 1.807) is 6.92 Å². The quantitative estimate of drug-likeness (QED) is 0.757. The van der Waals surface area contributed by atoms with Crippen molar-refractivity contribution in [2.45, 2.75) is 37.9 Å². The molecule has 0 radical (unpaired) electrons. The molecule has 1 saturated heterocycles. The molecule has 6 heteroatoms. The van der Waals surface area contributed by atoms with Crippen LogP contribution in [0, 0.1) is 0 Å². The van der Waals surface area contributed by atoms with Crippen LogP contribution in [0.1, 0.15) is 36.5 Å². The molecule has 2 atom stereocenters. The van der Waals surface area contributed by atoms with Crippen molar-refractivity contribution in [1.82, 2.24) is 0 Å². The number of ketones is 1. The third kappa shape index (κ3) is 1.88. The summed E-state index contributed by atoms with van der Waals surface area (Å²) in [5.74, 6) is -0.993. The Morgan fingerprint density at radius 1 is 1.30 bits per heavy atom. The summed E-state index contributed by atoms with van der Waals surface area (Å²) in [6.45, 7) is 1.69. The van der Waals surface area contributed by atoms with Gasteiger partial charge in [-0.2, -0.15) is 0 Å². The van der Waals surface area contributed by atoms with E-state index in [-0.39, 0.29) is 41.0 Å². The molecule has 2 heterocycles. The third-order valence-electron chi connectivity index (χ3n) is 3.77. The summed E-state index contributed by atoms with van der Waals surface area (Å²) in [7, 11) is 0. The van der Waals surface area contributed by atoms with E-state index in [0.29, 0.717) is 12.8 Å². The number of phenols is 2. The Morgan fingerprint density at radius 3 is 2.70 bits per heavy atom. The Balaban J connectivity index is 1.99. The fourth-order valence-electron chi connectivity index (χ4n) is 2.78. The number of rotatable bonds is 1. The molecule has 0 spiro atoms. The zero-order chi connectivity index (χ0) is 14.5. The number of fused-ring (bicyclic) bond motifs is 1. The molecule has 106 valence electrons. The molecular formula is C14H14O6. The number of carbonyl (C=O) groups is 2. The minimum Gasteiger partial charge on any atom is -0.508 e. The summed E-state index contributed by atoms with van der Waals surface area (Å²) in [4.78, 5) is 23.4. The molecule has 0 amide bonds. The molecule has 0 aliphatic carbocycles. The van der Waals surface area contributed by atoms with E-state index in [2.05, 4.69) is 0 Å². The first-order valence-electron chi connectivity index (χ1n) is 6.37. The second-order valence-corrected chi connectivity index (χ2v) is 5.37. The molecule has 0 bridgehead atoms. The van der Waals surface area contributed by atoms with Crippen LogP contribution < -0.4 is 4.74 Å². The van der Waals surface area contributed by atoms with Gasteiger partial charge in [0, 0.05) is 18.6 Å². The third-order valence-corrected chi connectivity index (χ3v) is 3.77. The molecule has 0 saturated carbocycles. The summed E-state index contributed by atoms with van der Waals surface area (Å²) in [5.41, 5.74) is -0.916. The number of aromatic hydroxyl groups is 2. The highest BCUT2D eigenvalue weighted by atomic mass is 16.6. The van der Waals surface area contributed by atoms with Gasteiger partial charge in [-0.05, 0) is 13.3 Å². The lowest BCUT2D eigenvalue weighted by Gasteiger charge is -2.38. The molecule has 1 aromatic carbocycles. The zero-order valence-electron chi connectivity index (χ0n) is 10.9. The predicted molar refractivity (Wildman–Crippen MR) is 66.9 cm³/mol. The van der Waals surface area contributed by atoms with Crippen molar-refractivity contribution in [2.24, 2.45) is 0 Å². The Kier molecular flexibility index (Phi) is 2.64. The molecule has 1 aromatic rings.